The van der Waals surface area contributed by atoms with Gasteiger partial charge in [0.2, 0.25) is 0 Å². The molecule has 0 saturated heterocycles. The molecule has 26 heavy (non-hydrogen) atoms. The molecule has 2 heterocycles. The van der Waals surface area contributed by atoms with Gasteiger partial charge in [-0.05, 0) is 40.8 Å². The third-order valence-electron chi connectivity index (χ3n) is 4.01. The number of nitrogens with zero attached hydrogens (tertiary/aromatic N) is 3. The summed E-state index contributed by atoms with van der Waals surface area (Å²) in [6.45, 7) is 0.339. The van der Waals surface area contributed by atoms with E-state index in [1.54, 1.807) is 32.6 Å². The number of anilines is 1. The molecule has 0 radical (unpaired) electrons. The molecule has 1 amide bonds. The number of pyridine rings is 1. The van der Waals surface area contributed by atoms with Crippen molar-refractivity contribution >= 4 is 39.8 Å². The maximum Gasteiger partial charge on any atom is 0.259 e. The lowest BCUT2D eigenvalue weighted by molar-refractivity contribution is 0.0992. The number of benzene rings is 1. The molecule has 0 atom stereocenters. The lowest BCUT2D eigenvalue weighted by atomic mass is 10.1. The van der Waals surface area contributed by atoms with Crippen LogP contribution < -0.4 is 9.64 Å². The van der Waals surface area contributed by atoms with Gasteiger partial charge >= 0.3 is 0 Å². The van der Waals surface area contributed by atoms with Gasteiger partial charge in [0, 0.05) is 37.7 Å². The normalized spacial score (nSPS) is 11.0. The summed E-state index contributed by atoms with van der Waals surface area (Å²) in [5.41, 5.74) is 2.57. The van der Waals surface area contributed by atoms with Crippen LogP contribution in [-0.2, 0) is 11.3 Å². The predicted molar refractivity (Wildman–Crippen MR) is 104 cm³/mol. The zero-order valence-electron chi connectivity index (χ0n) is 14.5. The van der Waals surface area contributed by atoms with Crippen molar-refractivity contribution in [1.29, 1.82) is 0 Å². The van der Waals surface area contributed by atoms with Gasteiger partial charge in [0.25, 0.3) is 5.91 Å². The summed E-state index contributed by atoms with van der Waals surface area (Å²) in [6.07, 6.45) is 3.47. The van der Waals surface area contributed by atoms with Gasteiger partial charge in [-0.25, -0.2) is 9.37 Å². The van der Waals surface area contributed by atoms with E-state index in [4.69, 9.17) is 9.47 Å². The quantitative estimate of drug-likeness (QED) is 0.537. The molecule has 0 aliphatic carbocycles. The van der Waals surface area contributed by atoms with E-state index in [1.165, 1.54) is 30.2 Å². The molecule has 0 aliphatic heterocycles. The number of carbonyl (C=O) groups is 1. The van der Waals surface area contributed by atoms with Crippen LogP contribution in [-0.4, -0.2) is 36.6 Å². The Balaban J connectivity index is 2.02. The summed E-state index contributed by atoms with van der Waals surface area (Å²) in [6, 6.07) is 6.06. The maximum atomic E-state index is 13.6. The van der Waals surface area contributed by atoms with Crippen LogP contribution in [0.1, 0.15) is 15.9 Å². The molecule has 1 aromatic carbocycles. The van der Waals surface area contributed by atoms with Gasteiger partial charge < -0.3 is 14.4 Å². The third-order valence-corrected chi connectivity index (χ3v) is 4.81. The summed E-state index contributed by atoms with van der Waals surface area (Å²) in [5, 5.41) is 0. The second-order valence-electron chi connectivity index (χ2n) is 5.64. The van der Waals surface area contributed by atoms with E-state index in [-0.39, 0.29) is 11.7 Å². The number of hydrogen-bond donors (Lipinski definition) is 0. The fourth-order valence-electron chi connectivity index (χ4n) is 2.68. The third kappa shape index (κ3) is 3.38. The van der Waals surface area contributed by atoms with Crippen molar-refractivity contribution in [3.8, 4) is 5.75 Å². The van der Waals surface area contributed by atoms with Crippen molar-refractivity contribution in [2.24, 2.45) is 0 Å². The van der Waals surface area contributed by atoms with E-state index in [2.05, 4.69) is 27.6 Å². The van der Waals surface area contributed by atoms with Crippen molar-refractivity contribution in [3.05, 3.63) is 57.3 Å². The molecule has 0 N–H and O–H groups in total. The van der Waals surface area contributed by atoms with Crippen LogP contribution in [0.25, 0.3) is 5.65 Å². The van der Waals surface area contributed by atoms with Crippen LogP contribution in [0, 0.1) is 9.52 Å². The molecular formula is C18H17FIN3O3. The fraction of sp³-hybridized carbons (Fsp3) is 0.222. The molecule has 0 aliphatic rings. The van der Waals surface area contributed by atoms with Crippen LogP contribution >= 0.6 is 22.6 Å². The Morgan fingerprint density at radius 3 is 2.81 bits per heavy atom. The molecule has 0 saturated carbocycles. The first-order valence-corrected chi connectivity index (χ1v) is 8.80. The van der Waals surface area contributed by atoms with Crippen molar-refractivity contribution in [1.82, 2.24) is 9.38 Å². The van der Waals surface area contributed by atoms with E-state index in [9.17, 15) is 9.18 Å². The lowest BCUT2D eigenvalue weighted by Gasteiger charge is -2.19. The molecular weight excluding hydrogens is 452 g/mol. The average Bonchev–Trinajstić information content (AvgIpc) is 3.02. The highest BCUT2D eigenvalue weighted by Gasteiger charge is 2.18. The Morgan fingerprint density at radius 2 is 2.12 bits per heavy atom. The SMILES string of the molecule is COCc1cc(C(=O)N(C)c2ccc(F)c(OC)c2)cn2c(I)cnc12. The topological polar surface area (TPSA) is 56.1 Å². The number of carbonyl (C=O) groups excluding carboxylic acids is 1. The molecule has 0 spiro atoms. The first kappa shape index (κ1) is 18.6. The Morgan fingerprint density at radius 1 is 1.35 bits per heavy atom. The molecule has 8 heteroatoms. The molecule has 6 nitrogen and oxygen atoms in total. The number of aromatic nitrogens is 2. The lowest BCUT2D eigenvalue weighted by Crippen LogP contribution is -2.26. The molecule has 3 aromatic rings. The summed E-state index contributed by atoms with van der Waals surface area (Å²) in [5.74, 6) is -0.627. The van der Waals surface area contributed by atoms with Gasteiger partial charge in [-0.2, -0.15) is 0 Å². The summed E-state index contributed by atoms with van der Waals surface area (Å²) in [7, 11) is 4.61. The second kappa shape index (κ2) is 7.58. The van der Waals surface area contributed by atoms with Crippen LogP contribution in [0.4, 0.5) is 10.1 Å². The highest BCUT2D eigenvalue weighted by molar-refractivity contribution is 14.1. The van der Waals surface area contributed by atoms with Crippen molar-refractivity contribution in [3.63, 3.8) is 0 Å². The smallest absolute Gasteiger partial charge is 0.259 e. The van der Waals surface area contributed by atoms with Crippen molar-refractivity contribution in [2.45, 2.75) is 6.61 Å². The minimum absolute atomic E-state index is 0.0850. The number of amides is 1. The van der Waals surface area contributed by atoms with Gasteiger partial charge in [-0.3, -0.25) is 9.20 Å². The molecule has 0 bridgehead atoms. The average molecular weight is 469 g/mol. The zero-order chi connectivity index (χ0) is 18.8. The second-order valence-corrected chi connectivity index (χ2v) is 6.75. The van der Waals surface area contributed by atoms with Crippen LogP contribution in [0.5, 0.6) is 5.75 Å². The minimum Gasteiger partial charge on any atom is -0.494 e. The predicted octanol–water partition coefficient (Wildman–Crippen LogP) is 3.51. The number of methoxy groups -OCH3 is 2. The Hall–Kier alpha value is -2.20. The summed E-state index contributed by atoms with van der Waals surface area (Å²) in [4.78, 5) is 18.8. The van der Waals surface area contributed by atoms with Gasteiger partial charge in [-0.15, -0.1) is 0 Å². The summed E-state index contributed by atoms with van der Waals surface area (Å²) < 4.78 is 26.6. The number of imidazole rings is 1. The van der Waals surface area contributed by atoms with E-state index >= 15 is 0 Å². The zero-order valence-corrected chi connectivity index (χ0v) is 16.7. The minimum atomic E-state index is -0.478. The van der Waals surface area contributed by atoms with Crippen LogP contribution in [0.15, 0.2) is 36.7 Å². The van der Waals surface area contributed by atoms with Crippen LogP contribution in [0.2, 0.25) is 0 Å². The molecule has 0 fully saturated rings. The Labute approximate surface area is 163 Å². The molecule has 2 aromatic heterocycles. The largest absolute Gasteiger partial charge is 0.494 e. The number of rotatable bonds is 5. The molecule has 0 unspecified atom stereocenters. The number of fused-ring (bicyclic) bond motifs is 1. The fourth-order valence-corrected chi connectivity index (χ4v) is 3.18. The number of halogens is 2. The molecule has 3 rings (SSSR count). The molecule has 136 valence electrons. The van der Waals surface area contributed by atoms with Gasteiger partial charge in [0.05, 0.1) is 25.5 Å². The van der Waals surface area contributed by atoms with Crippen molar-refractivity contribution in [2.75, 3.05) is 26.2 Å². The van der Waals surface area contributed by atoms with Gasteiger partial charge in [-0.1, -0.05) is 0 Å². The van der Waals surface area contributed by atoms with Gasteiger partial charge in [0.15, 0.2) is 11.6 Å². The number of hydrogen-bond acceptors (Lipinski definition) is 4. The highest BCUT2D eigenvalue weighted by atomic mass is 127. The van der Waals surface area contributed by atoms with E-state index in [0.29, 0.717) is 17.9 Å². The standard InChI is InChI=1S/C18H17FIN3O3/c1-22(13-4-5-14(19)15(7-13)26-3)18(24)11-6-12(10-25-2)17-21-8-16(20)23(17)9-11/h4-9H,10H2,1-3H3. The van der Waals surface area contributed by atoms with Crippen molar-refractivity contribution < 1.29 is 18.7 Å². The first-order chi connectivity index (χ1) is 12.5. The van der Waals surface area contributed by atoms with E-state index < -0.39 is 5.82 Å². The number of ether oxygens (including phenoxy) is 2. The maximum absolute atomic E-state index is 13.6. The first-order valence-electron chi connectivity index (χ1n) is 7.72. The van der Waals surface area contributed by atoms with E-state index in [0.717, 1.165) is 14.9 Å². The van der Waals surface area contributed by atoms with Crippen LogP contribution in [0.3, 0.4) is 0 Å². The Bertz CT molecular complexity index is 974. The highest BCUT2D eigenvalue weighted by Crippen LogP contribution is 2.25. The monoisotopic (exact) mass is 469 g/mol. The summed E-state index contributed by atoms with van der Waals surface area (Å²) >= 11 is 2.16. The van der Waals surface area contributed by atoms with E-state index in [1.807, 2.05) is 4.40 Å². The Kier molecular flexibility index (Phi) is 5.42. The van der Waals surface area contributed by atoms with Gasteiger partial charge in [0.1, 0.15) is 9.35 Å².